The van der Waals surface area contributed by atoms with Gasteiger partial charge in [0.25, 0.3) is 0 Å². The molecule has 0 saturated heterocycles. The Morgan fingerprint density at radius 3 is 2.47 bits per heavy atom. The molecule has 0 aromatic heterocycles. The number of rotatable bonds is 6. The highest BCUT2D eigenvalue weighted by molar-refractivity contribution is 5.94. The van der Waals surface area contributed by atoms with Crippen molar-refractivity contribution in [3.8, 4) is 5.75 Å². The number of benzene rings is 1. The molecule has 0 unspecified atom stereocenters. The zero-order valence-corrected chi connectivity index (χ0v) is 10.1. The summed E-state index contributed by atoms with van der Waals surface area (Å²) in [5.74, 6) is -1.03. The predicted octanol–water partition coefficient (Wildman–Crippen LogP) is 2.99. The molecule has 0 aliphatic rings. The highest BCUT2D eigenvalue weighted by Gasteiger charge is 2.27. The summed E-state index contributed by atoms with van der Waals surface area (Å²) in [5, 5.41) is 0. The maximum absolute atomic E-state index is 13.4. The highest BCUT2D eigenvalue weighted by atomic mass is 19.4. The first-order chi connectivity index (χ1) is 8.79. The molecule has 7 heteroatoms. The summed E-state index contributed by atoms with van der Waals surface area (Å²) in [4.78, 5) is 11.0. The molecular formula is C12H12F4O3. The van der Waals surface area contributed by atoms with Gasteiger partial charge in [-0.2, -0.15) is 13.2 Å². The van der Waals surface area contributed by atoms with Crippen LogP contribution in [0.2, 0.25) is 0 Å². The van der Waals surface area contributed by atoms with E-state index in [4.69, 9.17) is 4.74 Å². The average molecular weight is 280 g/mol. The third kappa shape index (κ3) is 5.69. The lowest BCUT2D eigenvalue weighted by atomic mass is 10.1. The lowest BCUT2D eigenvalue weighted by molar-refractivity contribution is -0.175. The van der Waals surface area contributed by atoms with Crippen LogP contribution in [0.5, 0.6) is 5.75 Å². The number of hydrogen-bond donors (Lipinski definition) is 0. The van der Waals surface area contributed by atoms with Crippen molar-refractivity contribution in [2.75, 3.05) is 19.8 Å². The lowest BCUT2D eigenvalue weighted by Crippen LogP contribution is -2.19. The number of carbonyl (C=O) groups excluding carboxylic acids is 1. The molecular weight excluding hydrogens is 268 g/mol. The van der Waals surface area contributed by atoms with Gasteiger partial charge in [-0.25, -0.2) is 4.39 Å². The minimum Gasteiger partial charge on any atom is -0.491 e. The van der Waals surface area contributed by atoms with E-state index in [0.717, 1.165) is 6.07 Å². The molecule has 0 amide bonds. The monoisotopic (exact) mass is 280 g/mol. The van der Waals surface area contributed by atoms with Crippen LogP contribution >= 0.6 is 0 Å². The SMILES string of the molecule is CC(=O)c1ccc(OCCOCC(F)(F)F)cc1F. The van der Waals surface area contributed by atoms with Crippen LogP contribution in [0, 0.1) is 5.82 Å². The van der Waals surface area contributed by atoms with E-state index in [2.05, 4.69) is 4.74 Å². The number of Topliss-reactive ketones (excluding diaryl/α,β-unsaturated/α-hetero) is 1. The Morgan fingerprint density at radius 1 is 1.26 bits per heavy atom. The summed E-state index contributed by atoms with van der Waals surface area (Å²) >= 11 is 0. The van der Waals surface area contributed by atoms with Crippen molar-refractivity contribution >= 4 is 5.78 Å². The van der Waals surface area contributed by atoms with E-state index < -0.39 is 24.4 Å². The number of ketones is 1. The van der Waals surface area contributed by atoms with Gasteiger partial charge in [0.2, 0.25) is 0 Å². The third-order valence-electron chi connectivity index (χ3n) is 2.08. The molecule has 0 heterocycles. The van der Waals surface area contributed by atoms with Gasteiger partial charge in [-0.1, -0.05) is 0 Å². The van der Waals surface area contributed by atoms with E-state index in [1.807, 2.05) is 0 Å². The fourth-order valence-corrected chi connectivity index (χ4v) is 1.28. The maximum Gasteiger partial charge on any atom is 0.411 e. The fraction of sp³-hybridized carbons (Fsp3) is 0.417. The third-order valence-corrected chi connectivity index (χ3v) is 2.08. The van der Waals surface area contributed by atoms with Crippen molar-refractivity contribution in [2.24, 2.45) is 0 Å². The lowest BCUT2D eigenvalue weighted by Gasteiger charge is -2.09. The zero-order chi connectivity index (χ0) is 14.5. The molecule has 0 atom stereocenters. The van der Waals surface area contributed by atoms with Crippen molar-refractivity contribution in [1.29, 1.82) is 0 Å². The van der Waals surface area contributed by atoms with Gasteiger partial charge in [0.1, 0.15) is 24.8 Å². The normalized spacial score (nSPS) is 11.4. The molecule has 3 nitrogen and oxygen atoms in total. The van der Waals surface area contributed by atoms with Gasteiger partial charge in [0, 0.05) is 6.07 Å². The second kappa shape index (κ2) is 6.51. The number of ether oxygens (including phenoxy) is 2. The molecule has 0 fully saturated rings. The molecule has 1 aromatic carbocycles. The minimum absolute atomic E-state index is 0.0688. The van der Waals surface area contributed by atoms with Crippen molar-refractivity contribution in [3.63, 3.8) is 0 Å². The Labute approximate surface area is 107 Å². The maximum atomic E-state index is 13.4. The first-order valence-corrected chi connectivity index (χ1v) is 5.37. The van der Waals surface area contributed by atoms with E-state index in [1.54, 1.807) is 0 Å². The Hall–Kier alpha value is -1.63. The van der Waals surface area contributed by atoms with Gasteiger partial charge in [-0.05, 0) is 19.1 Å². The Balaban J connectivity index is 2.38. The second-order valence-electron chi connectivity index (χ2n) is 3.71. The number of carbonyl (C=O) groups is 1. The van der Waals surface area contributed by atoms with Crippen LogP contribution in [0.25, 0.3) is 0 Å². The van der Waals surface area contributed by atoms with Gasteiger partial charge in [0.05, 0.1) is 12.2 Å². The minimum atomic E-state index is -4.38. The standard InChI is InChI=1S/C12H12F4O3/c1-8(17)10-3-2-9(6-11(10)13)19-5-4-18-7-12(14,15)16/h2-3,6H,4-5,7H2,1H3. The van der Waals surface area contributed by atoms with Crippen molar-refractivity contribution in [1.82, 2.24) is 0 Å². The van der Waals surface area contributed by atoms with Crippen LogP contribution in [-0.4, -0.2) is 31.8 Å². The van der Waals surface area contributed by atoms with Crippen LogP contribution in [0.4, 0.5) is 17.6 Å². The van der Waals surface area contributed by atoms with E-state index in [1.165, 1.54) is 19.1 Å². The molecule has 0 N–H and O–H groups in total. The summed E-state index contributed by atoms with van der Waals surface area (Å²) < 4.78 is 57.9. The molecule has 0 saturated carbocycles. The van der Waals surface area contributed by atoms with Crippen LogP contribution in [0.1, 0.15) is 17.3 Å². The van der Waals surface area contributed by atoms with Gasteiger partial charge in [-0.3, -0.25) is 4.79 Å². The molecule has 1 aromatic rings. The molecule has 0 aliphatic heterocycles. The molecule has 106 valence electrons. The van der Waals surface area contributed by atoms with Crippen molar-refractivity contribution < 1.29 is 31.8 Å². The van der Waals surface area contributed by atoms with E-state index in [9.17, 15) is 22.4 Å². The largest absolute Gasteiger partial charge is 0.491 e. The average Bonchev–Trinajstić information content (AvgIpc) is 2.26. The Bertz CT molecular complexity index is 443. The molecule has 0 radical (unpaired) electrons. The van der Waals surface area contributed by atoms with E-state index in [-0.39, 0.29) is 24.5 Å². The molecule has 19 heavy (non-hydrogen) atoms. The first-order valence-electron chi connectivity index (χ1n) is 5.37. The number of hydrogen-bond acceptors (Lipinski definition) is 3. The molecule has 0 bridgehead atoms. The fourth-order valence-electron chi connectivity index (χ4n) is 1.28. The molecule has 0 spiro atoms. The summed E-state index contributed by atoms with van der Waals surface area (Å²) in [7, 11) is 0. The number of alkyl halides is 3. The van der Waals surface area contributed by atoms with E-state index >= 15 is 0 Å². The van der Waals surface area contributed by atoms with E-state index in [0.29, 0.717) is 0 Å². The van der Waals surface area contributed by atoms with Gasteiger partial charge in [0.15, 0.2) is 5.78 Å². The summed E-state index contributed by atoms with van der Waals surface area (Å²) in [6, 6.07) is 3.62. The quantitative estimate of drug-likeness (QED) is 0.456. The van der Waals surface area contributed by atoms with Crippen LogP contribution < -0.4 is 4.74 Å². The van der Waals surface area contributed by atoms with Crippen molar-refractivity contribution in [2.45, 2.75) is 13.1 Å². The smallest absolute Gasteiger partial charge is 0.411 e. The summed E-state index contributed by atoms with van der Waals surface area (Å²) in [6.07, 6.45) is -4.38. The Morgan fingerprint density at radius 2 is 1.95 bits per heavy atom. The summed E-state index contributed by atoms with van der Waals surface area (Å²) in [5.41, 5.74) is -0.0688. The first kappa shape index (κ1) is 15.4. The molecule has 1 rings (SSSR count). The number of halogens is 4. The van der Waals surface area contributed by atoms with Gasteiger partial charge < -0.3 is 9.47 Å². The zero-order valence-electron chi connectivity index (χ0n) is 10.1. The van der Waals surface area contributed by atoms with Crippen molar-refractivity contribution in [3.05, 3.63) is 29.6 Å². The second-order valence-corrected chi connectivity index (χ2v) is 3.71. The Kier molecular flexibility index (Phi) is 5.29. The molecule has 0 aliphatic carbocycles. The van der Waals surface area contributed by atoms with Gasteiger partial charge in [-0.15, -0.1) is 0 Å². The predicted molar refractivity (Wildman–Crippen MR) is 58.8 cm³/mol. The van der Waals surface area contributed by atoms with Gasteiger partial charge >= 0.3 is 6.18 Å². The highest BCUT2D eigenvalue weighted by Crippen LogP contribution is 2.17. The van der Waals surface area contributed by atoms with Crippen LogP contribution in [0.3, 0.4) is 0 Å². The topological polar surface area (TPSA) is 35.5 Å². The summed E-state index contributed by atoms with van der Waals surface area (Å²) in [6.45, 7) is -0.539. The van der Waals surface area contributed by atoms with Crippen LogP contribution in [0.15, 0.2) is 18.2 Å². The van der Waals surface area contributed by atoms with Crippen LogP contribution in [-0.2, 0) is 4.74 Å².